The maximum absolute atomic E-state index is 12.7. The first-order chi connectivity index (χ1) is 11.4. The van der Waals surface area contributed by atoms with E-state index in [0.29, 0.717) is 17.7 Å². The Kier molecular flexibility index (Phi) is 4.09. The zero-order chi connectivity index (χ0) is 17.3. The van der Waals surface area contributed by atoms with Crippen molar-refractivity contribution < 1.29 is 23.0 Å². The van der Waals surface area contributed by atoms with Gasteiger partial charge in [0.25, 0.3) is 0 Å². The molecule has 3 aromatic carbocycles. The van der Waals surface area contributed by atoms with Crippen molar-refractivity contribution >= 4 is 10.8 Å². The van der Waals surface area contributed by atoms with Crippen LogP contribution in [0.3, 0.4) is 0 Å². The van der Waals surface area contributed by atoms with E-state index >= 15 is 0 Å². The largest absolute Gasteiger partial charge is 0.504 e. The monoisotopic (exact) mass is 332 g/mol. The number of phenolic OH excluding ortho intramolecular Hbond substituents is 1. The first kappa shape index (κ1) is 16.2. The Morgan fingerprint density at radius 1 is 1.00 bits per heavy atom. The fourth-order valence-electron chi connectivity index (χ4n) is 2.81. The van der Waals surface area contributed by atoms with Gasteiger partial charge >= 0.3 is 6.18 Å². The summed E-state index contributed by atoms with van der Waals surface area (Å²) >= 11 is 0. The van der Waals surface area contributed by atoms with Gasteiger partial charge in [-0.15, -0.1) is 0 Å². The van der Waals surface area contributed by atoms with Crippen LogP contribution in [0.1, 0.15) is 16.7 Å². The van der Waals surface area contributed by atoms with E-state index in [1.807, 2.05) is 24.3 Å². The van der Waals surface area contributed by atoms with Gasteiger partial charge in [0.15, 0.2) is 11.5 Å². The first-order valence-electron chi connectivity index (χ1n) is 7.34. The van der Waals surface area contributed by atoms with Crippen molar-refractivity contribution in [2.24, 2.45) is 0 Å². The average molecular weight is 332 g/mol. The summed E-state index contributed by atoms with van der Waals surface area (Å²) in [6, 6.07) is 14.1. The molecule has 24 heavy (non-hydrogen) atoms. The van der Waals surface area contributed by atoms with Crippen molar-refractivity contribution in [3.63, 3.8) is 0 Å². The van der Waals surface area contributed by atoms with Gasteiger partial charge in [-0.1, -0.05) is 36.4 Å². The van der Waals surface area contributed by atoms with Crippen LogP contribution in [0.15, 0.2) is 54.6 Å². The Balaban J connectivity index is 2.06. The zero-order valence-electron chi connectivity index (χ0n) is 12.9. The molecular formula is C19H15F3O2. The van der Waals surface area contributed by atoms with Crippen molar-refractivity contribution in [3.8, 4) is 11.5 Å². The third-order valence-corrected chi connectivity index (χ3v) is 3.95. The zero-order valence-corrected chi connectivity index (χ0v) is 12.9. The van der Waals surface area contributed by atoms with Gasteiger partial charge in [-0.3, -0.25) is 0 Å². The number of rotatable bonds is 3. The normalized spacial score (nSPS) is 11.7. The molecule has 0 bridgehead atoms. The quantitative estimate of drug-likeness (QED) is 0.717. The number of methoxy groups -OCH3 is 1. The molecule has 0 radical (unpaired) electrons. The molecule has 0 atom stereocenters. The second kappa shape index (κ2) is 6.07. The molecule has 5 heteroatoms. The molecule has 0 saturated carbocycles. The highest BCUT2D eigenvalue weighted by Gasteiger charge is 2.30. The minimum absolute atomic E-state index is 0.0121. The van der Waals surface area contributed by atoms with Crippen molar-refractivity contribution in [1.29, 1.82) is 0 Å². The number of phenols is 1. The summed E-state index contributed by atoms with van der Waals surface area (Å²) < 4.78 is 43.3. The molecule has 124 valence electrons. The van der Waals surface area contributed by atoms with Gasteiger partial charge in [0.05, 0.1) is 12.7 Å². The second-order valence-electron chi connectivity index (χ2n) is 5.50. The molecule has 0 heterocycles. The van der Waals surface area contributed by atoms with Crippen LogP contribution in [-0.2, 0) is 12.6 Å². The van der Waals surface area contributed by atoms with Crippen LogP contribution in [-0.4, -0.2) is 12.2 Å². The maximum Gasteiger partial charge on any atom is 0.416 e. The summed E-state index contributed by atoms with van der Waals surface area (Å²) in [5.74, 6) is 0.353. The number of hydrogen-bond acceptors (Lipinski definition) is 2. The molecule has 0 fully saturated rings. The highest BCUT2D eigenvalue weighted by Crippen LogP contribution is 2.38. The van der Waals surface area contributed by atoms with E-state index in [1.54, 1.807) is 6.07 Å². The fourth-order valence-corrected chi connectivity index (χ4v) is 2.81. The summed E-state index contributed by atoms with van der Waals surface area (Å²) in [6.07, 6.45) is -4.00. The van der Waals surface area contributed by atoms with Crippen LogP contribution in [0, 0.1) is 0 Å². The molecule has 2 nitrogen and oxygen atoms in total. The van der Waals surface area contributed by atoms with E-state index in [2.05, 4.69) is 0 Å². The van der Waals surface area contributed by atoms with Crippen molar-refractivity contribution in [2.45, 2.75) is 12.6 Å². The Labute approximate surface area is 137 Å². The maximum atomic E-state index is 12.7. The number of fused-ring (bicyclic) bond motifs is 1. The third kappa shape index (κ3) is 3.02. The van der Waals surface area contributed by atoms with Gasteiger partial charge < -0.3 is 9.84 Å². The number of alkyl halides is 3. The van der Waals surface area contributed by atoms with Gasteiger partial charge in [-0.25, -0.2) is 0 Å². The molecule has 0 aromatic heterocycles. The average Bonchev–Trinajstić information content (AvgIpc) is 2.54. The van der Waals surface area contributed by atoms with Crippen LogP contribution in [0.5, 0.6) is 11.5 Å². The Morgan fingerprint density at radius 3 is 2.29 bits per heavy atom. The van der Waals surface area contributed by atoms with Crippen molar-refractivity contribution in [3.05, 3.63) is 71.3 Å². The number of benzene rings is 3. The smallest absolute Gasteiger partial charge is 0.416 e. The SMILES string of the molecule is COc1c(O)cc2ccccc2c1Cc1ccc(C(F)(F)F)cc1. The standard InChI is InChI=1S/C19H15F3O2/c1-24-18-16(15-5-3-2-4-13(15)11-17(18)23)10-12-6-8-14(9-7-12)19(20,21)22/h2-9,11,23H,10H2,1H3. The number of ether oxygens (including phenoxy) is 1. The molecule has 0 saturated heterocycles. The molecule has 0 aliphatic rings. The van der Waals surface area contributed by atoms with E-state index in [0.717, 1.165) is 28.5 Å². The summed E-state index contributed by atoms with van der Waals surface area (Å²) in [5, 5.41) is 11.9. The van der Waals surface area contributed by atoms with Gasteiger partial charge in [0.2, 0.25) is 0 Å². The van der Waals surface area contributed by atoms with E-state index in [4.69, 9.17) is 4.74 Å². The summed E-state index contributed by atoms with van der Waals surface area (Å²) in [4.78, 5) is 0. The van der Waals surface area contributed by atoms with E-state index in [9.17, 15) is 18.3 Å². The summed E-state index contributed by atoms with van der Waals surface area (Å²) in [5.41, 5.74) is 0.767. The number of hydrogen-bond donors (Lipinski definition) is 1. The minimum Gasteiger partial charge on any atom is -0.504 e. The third-order valence-electron chi connectivity index (χ3n) is 3.95. The lowest BCUT2D eigenvalue weighted by molar-refractivity contribution is -0.137. The molecule has 0 aliphatic carbocycles. The first-order valence-corrected chi connectivity index (χ1v) is 7.34. The van der Waals surface area contributed by atoms with E-state index < -0.39 is 11.7 Å². The fraction of sp³-hybridized carbons (Fsp3) is 0.158. The van der Waals surface area contributed by atoms with E-state index in [1.165, 1.54) is 19.2 Å². The predicted octanol–water partition coefficient (Wildman–Crippen LogP) is 5.16. The van der Waals surface area contributed by atoms with Gasteiger partial charge in [0, 0.05) is 12.0 Å². The van der Waals surface area contributed by atoms with Gasteiger partial charge in [-0.05, 0) is 34.5 Å². The molecule has 0 spiro atoms. The molecule has 1 N–H and O–H groups in total. The highest BCUT2D eigenvalue weighted by molar-refractivity contribution is 5.90. The number of aromatic hydroxyl groups is 1. The topological polar surface area (TPSA) is 29.5 Å². The van der Waals surface area contributed by atoms with Crippen LogP contribution in [0.4, 0.5) is 13.2 Å². The molecule has 0 unspecified atom stereocenters. The highest BCUT2D eigenvalue weighted by atomic mass is 19.4. The molecule has 3 rings (SSSR count). The lowest BCUT2D eigenvalue weighted by Gasteiger charge is -2.14. The molecular weight excluding hydrogens is 317 g/mol. The second-order valence-corrected chi connectivity index (χ2v) is 5.50. The molecule has 0 aliphatic heterocycles. The van der Waals surface area contributed by atoms with Crippen molar-refractivity contribution in [2.75, 3.05) is 7.11 Å². The Morgan fingerprint density at radius 2 is 1.67 bits per heavy atom. The van der Waals surface area contributed by atoms with Crippen LogP contribution < -0.4 is 4.74 Å². The van der Waals surface area contributed by atoms with Crippen LogP contribution in [0.25, 0.3) is 10.8 Å². The van der Waals surface area contributed by atoms with Gasteiger partial charge in [-0.2, -0.15) is 13.2 Å². The summed E-state index contributed by atoms with van der Waals surface area (Å²) in [6.45, 7) is 0. The summed E-state index contributed by atoms with van der Waals surface area (Å²) in [7, 11) is 1.46. The number of halogens is 3. The Bertz CT molecular complexity index is 868. The lowest BCUT2D eigenvalue weighted by Crippen LogP contribution is -2.04. The van der Waals surface area contributed by atoms with Crippen LogP contribution in [0.2, 0.25) is 0 Å². The molecule has 3 aromatic rings. The Hall–Kier alpha value is -2.69. The van der Waals surface area contributed by atoms with Crippen molar-refractivity contribution in [1.82, 2.24) is 0 Å². The lowest BCUT2D eigenvalue weighted by atomic mass is 9.96. The van der Waals surface area contributed by atoms with Gasteiger partial charge in [0.1, 0.15) is 0 Å². The predicted molar refractivity (Wildman–Crippen MR) is 86.4 cm³/mol. The molecule has 0 amide bonds. The van der Waals surface area contributed by atoms with Crippen LogP contribution >= 0.6 is 0 Å². The minimum atomic E-state index is -4.35. The van der Waals surface area contributed by atoms with E-state index in [-0.39, 0.29) is 5.75 Å².